The van der Waals surface area contributed by atoms with E-state index in [1.807, 2.05) is 36.4 Å². The van der Waals surface area contributed by atoms with Gasteiger partial charge in [0.05, 0.1) is 5.60 Å². The molecule has 0 aromatic heterocycles. The van der Waals surface area contributed by atoms with E-state index in [0.717, 1.165) is 37.0 Å². The zero-order valence-corrected chi connectivity index (χ0v) is 12.6. The molecule has 0 saturated heterocycles. The number of nitrogens with two attached hydrogens (primary N) is 1. The molecular weight excluding hydrogens is 250 g/mol. The van der Waals surface area contributed by atoms with Crippen molar-refractivity contribution in [1.82, 2.24) is 0 Å². The molecule has 0 fully saturated rings. The van der Waals surface area contributed by atoms with Crippen LogP contribution in [0.25, 0.3) is 6.08 Å². The third kappa shape index (κ3) is 5.76. The Morgan fingerprint density at radius 2 is 1.95 bits per heavy atom. The van der Waals surface area contributed by atoms with E-state index < -0.39 is 5.60 Å². The van der Waals surface area contributed by atoms with E-state index in [1.54, 1.807) is 0 Å². The molecule has 1 aromatic rings. The summed E-state index contributed by atoms with van der Waals surface area (Å²) < 4.78 is 5.50. The summed E-state index contributed by atoms with van der Waals surface area (Å²) in [5, 5.41) is 10.5. The van der Waals surface area contributed by atoms with Crippen molar-refractivity contribution >= 4 is 6.08 Å². The Balaban J connectivity index is 2.76. The van der Waals surface area contributed by atoms with E-state index in [2.05, 4.69) is 13.8 Å². The van der Waals surface area contributed by atoms with Crippen LogP contribution in [0.5, 0.6) is 5.75 Å². The largest absolute Gasteiger partial charge is 0.492 e. The Labute approximate surface area is 122 Å². The van der Waals surface area contributed by atoms with Gasteiger partial charge in [0.1, 0.15) is 12.4 Å². The van der Waals surface area contributed by atoms with E-state index in [0.29, 0.717) is 13.2 Å². The molecule has 3 N–H and O–H groups in total. The highest BCUT2D eigenvalue weighted by Crippen LogP contribution is 2.23. The van der Waals surface area contributed by atoms with Crippen molar-refractivity contribution in [2.45, 2.75) is 45.1 Å². The van der Waals surface area contributed by atoms with Crippen LogP contribution in [0.15, 0.2) is 30.3 Å². The van der Waals surface area contributed by atoms with Gasteiger partial charge in [0, 0.05) is 6.54 Å². The van der Waals surface area contributed by atoms with E-state index in [9.17, 15) is 5.11 Å². The monoisotopic (exact) mass is 277 g/mol. The molecule has 1 aromatic carbocycles. The van der Waals surface area contributed by atoms with E-state index >= 15 is 0 Å². The van der Waals surface area contributed by atoms with Gasteiger partial charge in [-0.3, -0.25) is 0 Å². The fourth-order valence-electron chi connectivity index (χ4n) is 2.29. The molecule has 20 heavy (non-hydrogen) atoms. The molecule has 1 rings (SSSR count). The molecule has 0 aliphatic rings. The normalized spacial score (nSPS) is 12.0. The fraction of sp³-hybridized carbons (Fsp3) is 0.529. The number of hydrogen-bond acceptors (Lipinski definition) is 3. The third-order valence-electron chi connectivity index (χ3n) is 3.20. The van der Waals surface area contributed by atoms with Crippen LogP contribution in [-0.2, 0) is 0 Å². The predicted octanol–water partition coefficient (Wildman–Crippen LogP) is 3.37. The molecule has 3 nitrogen and oxygen atoms in total. The average molecular weight is 277 g/mol. The van der Waals surface area contributed by atoms with Crippen LogP contribution in [0.1, 0.15) is 45.1 Å². The molecule has 0 aliphatic heterocycles. The maximum absolute atomic E-state index is 10.5. The second-order valence-corrected chi connectivity index (χ2v) is 5.15. The van der Waals surface area contributed by atoms with Crippen LogP contribution >= 0.6 is 0 Å². The third-order valence-corrected chi connectivity index (χ3v) is 3.20. The van der Waals surface area contributed by atoms with Gasteiger partial charge in [-0.15, -0.1) is 0 Å². The highest BCUT2D eigenvalue weighted by Gasteiger charge is 2.20. The number of ether oxygens (including phenoxy) is 1. The smallest absolute Gasteiger partial charge is 0.119 e. The van der Waals surface area contributed by atoms with Crippen LogP contribution in [0.4, 0.5) is 0 Å². The van der Waals surface area contributed by atoms with Gasteiger partial charge in [-0.1, -0.05) is 51.0 Å². The molecular formula is C17H27NO2. The maximum Gasteiger partial charge on any atom is 0.119 e. The van der Waals surface area contributed by atoms with Crippen LogP contribution in [-0.4, -0.2) is 23.9 Å². The van der Waals surface area contributed by atoms with E-state index in [1.165, 1.54) is 0 Å². The van der Waals surface area contributed by atoms with Gasteiger partial charge in [-0.2, -0.15) is 0 Å². The average Bonchev–Trinajstić information content (AvgIpc) is 2.44. The zero-order valence-electron chi connectivity index (χ0n) is 12.6. The lowest BCUT2D eigenvalue weighted by atomic mass is 9.91. The highest BCUT2D eigenvalue weighted by atomic mass is 16.5. The molecule has 3 heteroatoms. The first-order chi connectivity index (χ1) is 9.63. The van der Waals surface area contributed by atoms with Gasteiger partial charge >= 0.3 is 0 Å². The van der Waals surface area contributed by atoms with Gasteiger partial charge in [0.25, 0.3) is 0 Å². The standard InChI is InChI=1S/C17H27NO2/c1-3-9-17(19,10-4-2)11-8-15-6-5-7-16(14-15)20-13-12-18/h5-8,11,14,19H,3-4,9-10,12-13,18H2,1-2H3. The van der Waals surface area contributed by atoms with E-state index in [4.69, 9.17) is 10.5 Å². The molecule has 0 aliphatic carbocycles. The molecule has 0 saturated carbocycles. The topological polar surface area (TPSA) is 55.5 Å². The first-order valence-corrected chi connectivity index (χ1v) is 7.48. The minimum Gasteiger partial charge on any atom is -0.492 e. The Bertz CT molecular complexity index is 409. The van der Waals surface area contributed by atoms with Crippen molar-refractivity contribution in [1.29, 1.82) is 0 Å². The van der Waals surface area contributed by atoms with Gasteiger partial charge < -0.3 is 15.6 Å². The molecule has 0 unspecified atom stereocenters. The number of hydrogen-bond donors (Lipinski definition) is 2. The molecule has 0 atom stereocenters. The van der Waals surface area contributed by atoms with Crippen molar-refractivity contribution in [3.63, 3.8) is 0 Å². The molecule has 0 heterocycles. The molecule has 0 radical (unpaired) electrons. The summed E-state index contributed by atoms with van der Waals surface area (Å²) in [4.78, 5) is 0. The van der Waals surface area contributed by atoms with Gasteiger partial charge in [-0.25, -0.2) is 0 Å². The fourth-order valence-corrected chi connectivity index (χ4v) is 2.29. The van der Waals surface area contributed by atoms with Gasteiger partial charge in [-0.05, 0) is 30.5 Å². The van der Waals surface area contributed by atoms with Crippen molar-refractivity contribution in [2.75, 3.05) is 13.2 Å². The first-order valence-electron chi connectivity index (χ1n) is 7.48. The number of rotatable bonds is 9. The van der Waals surface area contributed by atoms with E-state index in [-0.39, 0.29) is 0 Å². The SMILES string of the molecule is CCCC(O)(C=Cc1cccc(OCCN)c1)CCC. The van der Waals surface area contributed by atoms with Crippen molar-refractivity contribution in [2.24, 2.45) is 5.73 Å². The Hall–Kier alpha value is -1.32. The lowest BCUT2D eigenvalue weighted by Gasteiger charge is -2.23. The summed E-state index contributed by atoms with van der Waals surface area (Å²) in [6.45, 7) is 5.21. The Morgan fingerprint density at radius 3 is 2.55 bits per heavy atom. The number of aliphatic hydroxyl groups is 1. The van der Waals surface area contributed by atoms with Crippen LogP contribution in [0.2, 0.25) is 0 Å². The molecule has 0 bridgehead atoms. The van der Waals surface area contributed by atoms with Crippen LogP contribution in [0, 0.1) is 0 Å². The van der Waals surface area contributed by atoms with Crippen LogP contribution < -0.4 is 10.5 Å². The Kier molecular flexibility index (Phi) is 7.34. The lowest BCUT2D eigenvalue weighted by Crippen LogP contribution is -2.24. The summed E-state index contributed by atoms with van der Waals surface area (Å²) >= 11 is 0. The Morgan fingerprint density at radius 1 is 1.25 bits per heavy atom. The van der Waals surface area contributed by atoms with Crippen LogP contribution in [0.3, 0.4) is 0 Å². The quantitative estimate of drug-likeness (QED) is 0.727. The van der Waals surface area contributed by atoms with Crippen molar-refractivity contribution < 1.29 is 9.84 Å². The molecule has 0 spiro atoms. The maximum atomic E-state index is 10.5. The summed E-state index contributed by atoms with van der Waals surface area (Å²) in [6.07, 6.45) is 7.42. The highest BCUT2D eigenvalue weighted by molar-refractivity contribution is 5.52. The zero-order chi connectivity index (χ0) is 14.8. The summed E-state index contributed by atoms with van der Waals surface area (Å²) in [7, 11) is 0. The summed E-state index contributed by atoms with van der Waals surface area (Å²) in [6, 6.07) is 7.83. The minimum atomic E-state index is -0.697. The van der Waals surface area contributed by atoms with Crippen molar-refractivity contribution in [3.05, 3.63) is 35.9 Å². The van der Waals surface area contributed by atoms with Gasteiger partial charge in [0.15, 0.2) is 0 Å². The lowest BCUT2D eigenvalue weighted by molar-refractivity contribution is 0.0714. The second kappa shape index (κ2) is 8.77. The summed E-state index contributed by atoms with van der Waals surface area (Å²) in [5.41, 5.74) is 5.76. The molecule has 0 amide bonds. The van der Waals surface area contributed by atoms with Gasteiger partial charge in [0.2, 0.25) is 0 Å². The van der Waals surface area contributed by atoms with Crippen molar-refractivity contribution in [3.8, 4) is 5.75 Å². The summed E-state index contributed by atoms with van der Waals surface area (Å²) in [5.74, 6) is 0.812. The minimum absolute atomic E-state index is 0.507. The second-order valence-electron chi connectivity index (χ2n) is 5.15. The molecule has 112 valence electrons. The first kappa shape index (κ1) is 16.7. The number of benzene rings is 1. The predicted molar refractivity (Wildman–Crippen MR) is 84.8 cm³/mol.